The number of ether oxygens (including phenoxy) is 1. The summed E-state index contributed by atoms with van der Waals surface area (Å²) in [6, 6.07) is 13.1. The first-order valence-electron chi connectivity index (χ1n) is 6.92. The van der Waals surface area contributed by atoms with E-state index in [1.54, 1.807) is 6.07 Å². The zero-order valence-electron chi connectivity index (χ0n) is 11.7. The SMILES string of the molecule is O=C(N[C@H]1CCOc2ccccc21)c1cccc([N+](=O)[O-])c1. The van der Waals surface area contributed by atoms with Crippen LogP contribution in [0.2, 0.25) is 0 Å². The maximum absolute atomic E-state index is 12.3. The average molecular weight is 298 g/mol. The van der Waals surface area contributed by atoms with E-state index in [0.29, 0.717) is 13.0 Å². The van der Waals surface area contributed by atoms with Crippen LogP contribution in [0.25, 0.3) is 0 Å². The average Bonchev–Trinajstić information content (AvgIpc) is 2.55. The summed E-state index contributed by atoms with van der Waals surface area (Å²) in [6.45, 7) is 0.525. The van der Waals surface area contributed by atoms with E-state index in [1.165, 1.54) is 18.2 Å². The van der Waals surface area contributed by atoms with Crippen molar-refractivity contribution in [3.05, 3.63) is 69.8 Å². The molecule has 1 heterocycles. The van der Waals surface area contributed by atoms with Crippen LogP contribution in [0.1, 0.15) is 28.4 Å². The fraction of sp³-hybridized carbons (Fsp3) is 0.188. The summed E-state index contributed by atoms with van der Waals surface area (Å²) in [7, 11) is 0. The molecule has 22 heavy (non-hydrogen) atoms. The summed E-state index contributed by atoms with van der Waals surface area (Å²) in [5.74, 6) is 0.434. The number of para-hydroxylation sites is 1. The quantitative estimate of drug-likeness (QED) is 0.698. The molecule has 1 atom stereocenters. The highest BCUT2D eigenvalue weighted by atomic mass is 16.6. The fourth-order valence-electron chi connectivity index (χ4n) is 2.49. The molecule has 1 N–H and O–H groups in total. The first kappa shape index (κ1) is 14.1. The zero-order chi connectivity index (χ0) is 15.5. The first-order valence-corrected chi connectivity index (χ1v) is 6.92. The number of nitro groups is 1. The zero-order valence-corrected chi connectivity index (χ0v) is 11.7. The van der Waals surface area contributed by atoms with Gasteiger partial charge in [0.2, 0.25) is 0 Å². The molecule has 0 aromatic heterocycles. The molecule has 6 nitrogen and oxygen atoms in total. The van der Waals surface area contributed by atoms with Crippen molar-refractivity contribution < 1.29 is 14.5 Å². The van der Waals surface area contributed by atoms with Crippen molar-refractivity contribution in [3.63, 3.8) is 0 Å². The van der Waals surface area contributed by atoms with Gasteiger partial charge in [0.1, 0.15) is 5.75 Å². The van der Waals surface area contributed by atoms with E-state index < -0.39 is 4.92 Å². The second kappa shape index (κ2) is 5.85. The lowest BCUT2D eigenvalue weighted by molar-refractivity contribution is -0.384. The van der Waals surface area contributed by atoms with Crippen molar-refractivity contribution in [2.24, 2.45) is 0 Å². The first-order chi connectivity index (χ1) is 10.6. The van der Waals surface area contributed by atoms with Crippen molar-refractivity contribution in [2.45, 2.75) is 12.5 Å². The van der Waals surface area contributed by atoms with Gasteiger partial charge in [-0.3, -0.25) is 14.9 Å². The molecule has 1 aliphatic rings. The number of fused-ring (bicyclic) bond motifs is 1. The van der Waals surface area contributed by atoms with Gasteiger partial charge in [-0.15, -0.1) is 0 Å². The van der Waals surface area contributed by atoms with E-state index in [1.807, 2.05) is 24.3 Å². The third-order valence-electron chi connectivity index (χ3n) is 3.58. The van der Waals surface area contributed by atoms with Gasteiger partial charge in [0, 0.05) is 29.7 Å². The lowest BCUT2D eigenvalue weighted by Crippen LogP contribution is -2.32. The maximum Gasteiger partial charge on any atom is 0.270 e. The number of hydrogen-bond acceptors (Lipinski definition) is 4. The van der Waals surface area contributed by atoms with Crippen molar-refractivity contribution in [3.8, 4) is 5.75 Å². The van der Waals surface area contributed by atoms with Crippen molar-refractivity contribution in [1.82, 2.24) is 5.32 Å². The van der Waals surface area contributed by atoms with E-state index in [9.17, 15) is 14.9 Å². The highest BCUT2D eigenvalue weighted by Crippen LogP contribution is 2.31. The van der Waals surface area contributed by atoms with Gasteiger partial charge in [-0.25, -0.2) is 0 Å². The van der Waals surface area contributed by atoms with Crippen LogP contribution < -0.4 is 10.1 Å². The lowest BCUT2D eigenvalue weighted by atomic mass is 10.00. The van der Waals surface area contributed by atoms with E-state index in [2.05, 4.69) is 5.32 Å². The Hall–Kier alpha value is -2.89. The Morgan fingerprint density at radius 2 is 2.05 bits per heavy atom. The smallest absolute Gasteiger partial charge is 0.270 e. The molecule has 0 spiro atoms. The third-order valence-corrected chi connectivity index (χ3v) is 3.58. The highest BCUT2D eigenvalue weighted by molar-refractivity contribution is 5.95. The Labute approximate surface area is 126 Å². The number of nitrogens with one attached hydrogen (secondary N) is 1. The molecule has 0 radical (unpaired) electrons. The van der Waals surface area contributed by atoms with E-state index in [0.717, 1.165) is 11.3 Å². The molecule has 2 aromatic carbocycles. The molecule has 0 saturated heterocycles. The summed E-state index contributed by atoms with van der Waals surface area (Å²) in [6.07, 6.45) is 0.664. The number of hydrogen-bond donors (Lipinski definition) is 1. The van der Waals surface area contributed by atoms with Gasteiger partial charge in [0.05, 0.1) is 17.6 Å². The van der Waals surface area contributed by atoms with Crippen LogP contribution in [-0.2, 0) is 0 Å². The van der Waals surface area contributed by atoms with Crippen LogP contribution in [0.5, 0.6) is 5.75 Å². The molecule has 0 unspecified atom stereocenters. The molecule has 0 aliphatic carbocycles. The molecule has 3 rings (SSSR count). The Kier molecular flexibility index (Phi) is 3.74. The van der Waals surface area contributed by atoms with Crippen LogP contribution >= 0.6 is 0 Å². The molecule has 0 saturated carbocycles. The van der Waals surface area contributed by atoms with Crippen molar-refractivity contribution in [1.29, 1.82) is 0 Å². The van der Waals surface area contributed by atoms with Crippen molar-refractivity contribution >= 4 is 11.6 Å². The second-order valence-corrected chi connectivity index (χ2v) is 5.01. The maximum atomic E-state index is 12.3. The minimum atomic E-state index is -0.513. The molecule has 0 bridgehead atoms. The van der Waals surface area contributed by atoms with Crippen LogP contribution in [0.15, 0.2) is 48.5 Å². The molecule has 6 heteroatoms. The van der Waals surface area contributed by atoms with Crippen LogP contribution in [0, 0.1) is 10.1 Å². The Balaban J connectivity index is 1.81. The topological polar surface area (TPSA) is 81.5 Å². The number of amides is 1. The fourth-order valence-corrected chi connectivity index (χ4v) is 2.49. The number of carbonyl (C=O) groups excluding carboxylic acids is 1. The van der Waals surface area contributed by atoms with Gasteiger partial charge >= 0.3 is 0 Å². The number of rotatable bonds is 3. The molecular formula is C16H14N2O4. The van der Waals surface area contributed by atoms with Gasteiger partial charge in [0.15, 0.2) is 0 Å². The number of nitro benzene ring substituents is 1. The minimum absolute atomic E-state index is 0.0972. The van der Waals surface area contributed by atoms with E-state index >= 15 is 0 Å². The Morgan fingerprint density at radius 3 is 2.86 bits per heavy atom. The van der Waals surface area contributed by atoms with Gasteiger partial charge in [0.25, 0.3) is 11.6 Å². The lowest BCUT2D eigenvalue weighted by Gasteiger charge is -2.26. The van der Waals surface area contributed by atoms with Crippen LogP contribution in [-0.4, -0.2) is 17.4 Å². The molecule has 1 aliphatic heterocycles. The molecule has 112 valence electrons. The Morgan fingerprint density at radius 1 is 1.23 bits per heavy atom. The van der Waals surface area contributed by atoms with Gasteiger partial charge < -0.3 is 10.1 Å². The van der Waals surface area contributed by atoms with Crippen LogP contribution in [0.3, 0.4) is 0 Å². The van der Waals surface area contributed by atoms with Gasteiger partial charge in [-0.05, 0) is 12.1 Å². The predicted octanol–water partition coefficient (Wildman–Crippen LogP) is 2.85. The van der Waals surface area contributed by atoms with Gasteiger partial charge in [-0.2, -0.15) is 0 Å². The monoisotopic (exact) mass is 298 g/mol. The molecular weight excluding hydrogens is 284 g/mol. The summed E-state index contributed by atoms with van der Waals surface area (Å²) in [5.41, 5.74) is 1.10. The van der Waals surface area contributed by atoms with E-state index in [-0.39, 0.29) is 23.2 Å². The molecule has 0 fully saturated rings. The summed E-state index contributed by atoms with van der Waals surface area (Å²) < 4.78 is 5.55. The van der Waals surface area contributed by atoms with Gasteiger partial charge in [-0.1, -0.05) is 24.3 Å². The number of carbonyl (C=O) groups is 1. The number of nitrogens with zero attached hydrogens (tertiary/aromatic N) is 1. The number of non-ortho nitro benzene ring substituents is 1. The minimum Gasteiger partial charge on any atom is -0.493 e. The highest BCUT2D eigenvalue weighted by Gasteiger charge is 2.23. The predicted molar refractivity (Wildman–Crippen MR) is 79.9 cm³/mol. The second-order valence-electron chi connectivity index (χ2n) is 5.01. The van der Waals surface area contributed by atoms with Crippen molar-refractivity contribution in [2.75, 3.05) is 6.61 Å². The van der Waals surface area contributed by atoms with Crippen LogP contribution in [0.4, 0.5) is 5.69 Å². The van der Waals surface area contributed by atoms with E-state index in [4.69, 9.17) is 4.74 Å². The third kappa shape index (κ3) is 2.76. The molecule has 2 aromatic rings. The Bertz CT molecular complexity index is 730. The normalized spacial score (nSPS) is 16.3. The summed E-state index contributed by atoms with van der Waals surface area (Å²) in [5, 5.41) is 13.7. The summed E-state index contributed by atoms with van der Waals surface area (Å²) >= 11 is 0. The summed E-state index contributed by atoms with van der Waals surface area (Å²) in [4.78, 5) is 22.6. The standard InChI is InChI=1S/C16H14N2O4/c19-16(11-4-3-5-12(10-11)18(20)21)17-14-8-9-22-15-7-2-1-6-13(14)15/h1-7,10,14H,8-9H2,(H,17,19)/t14-/m0/s1. The molecule has 1 amide bonds. The number of benzene rings is 2. The largest absolute Gasteiger partial charge is 0.493 e.